The molecule has 5 heteroatoms. The summed E-state index contributed by atoms with van der Waals surface area (Å²) in [5.74, 6) is -0.720. The number of carbonyl (C=O) groups is 2. The van der Waals surface area contributed by atoms with Crippen LogP contribution in [0.1, 0.15) is 31.5 Å². The van der Waals surface area contributed by atoms with Gasteiger partial charge in [0.15, 0.2) is 0 Å². The summed E-state index contributed by atoms with van der Waals surface area (Å²) in [5.41, 5.74) is 6.19. The number of rotatable bonds is 6. The van der Waals surface area contributed by atoms with Gasteiger partial charge in [0.2, 0.25) is 5.91 Å². The molecule has 0 aliphatic heterocycles. The lowest BCUT2D eigenvalue weighted by Gasteiger charge is -2.21. The highest BCUT2D eigenvalue weighted by atomic mass is 16.5. The van der Waals surface area contributed by atoms with Gasteiger partial charge in [-0.3, -0.25) is 14.6 Å². The van der Waals surface area contributed by atoms with Crippen LogP contribution in [0, 0.1) is 5.41 Å². The molecule has 20 heavy (non-hydrogen) atoms. The van der Waals surface area contributed by atoms with Crippen molar-refractivity contribution in [2.45, 2.75) is 26.7 Å². The van der Waals surface area contributed by atoms with Crippen molar-refractivity contribution in [3.05, 3.63) is 35.7 Å². The minimum atomic E-state index is -0.515. The molecular weight excluding hydrogens is 256 g/mol. The minimum absolute atomic E-state index is 0.216. The second-order valence-corrected chi connectivity index (χ2v) is 5.20. The van der Waals surface area contributed by atoms with E-state index in [1.54, 1.807) is 18.3 Å². The van der Waals surface area contributed by atoms with Crippen LogP contribution in [0.3, 0.4) is 0 Å². The van der Waals surface area contributed by atoms with Gasteiger partial charge in [-0.05, 0) is 44.4 Å². The monoisotopic (exact) mass is 276 g/mol. The number of carbonyl (C=O) groups excluding carboxylic acids is 2. The Bertz CT molecular complexity index is 504. The molecule has 0 fully saturated rings. The molecule has 108 valence electrons. The van der Waals surface area contributed by atoms with E-state index >= 15 is 0 Å². The normalized spacial score (nSPS) is 11.6. The van der Waals surface area contributed by atoms with Gasteiger partial charge >= 0.3 is 5.97 Å². The van der Waals surface area contributed by atoms with Gasteiger partial charge in [0.05, 0.1) is 18.2 Å². The van der Waals surface area contributed by atoms with Crippen LogP contribution in [0.25, 0.3) is 6.08 Å². The Morgan fingerprint density at radius 2 is 2.10 bits per heavy atom. The van der Waals surface area contributed by atoms with E-state index in [2.05, 4.69) is 4.98 Å². The van der Waals surface area contributed by atoms with Crippen molar-refractivity contribution >= 4 is 18.0 Å². The molecule has 2 N–H and O–H groups in total. The summed E-state index contributed by atoms with van der Waals surface area (Å²) in [6.07, 6.45) is 5.97. The quantitative estimate of drug-likeness (QED) is 0.633. The molecule has 0 unspecified atom stereocenters. The molecule has 0 radical (unpaired) electrons. The fraction of sp³-hybridized carbons (Fsp3) is 0.400. The van der Waals surface area contributed by atoms with E-state index in [-0.39, 0.29) is 5.97 Å². The SMILES string of the molecule is COC(=O)C(C)(C)CCc1ccc(/C=C/C(N)=O)nc1. The summed E-state index contributed by atoms with van der Waals surface area (Å²) in [5, 5.41) is 0. The van der Waals surface area contributed by atoms with Gasteiger partial charge in [0.1, 0.15) is 0 Å². The molecule has 0 saturated heterocycles. The molecule has 0 saturated carbocycles. The summed E-state index contributed by atoms with van der Waals surface area (Å²) in [7, 11) is 1.39. The highest BCUT2D eigenvalue weighted by molar-refractivity contribution is 5.89. The zero-order valence-corrected chi connectivity index (χ0v) is 12.1. The largest absolute Gasteiger partial charge is 0.469 e. The Morgan fingerprint density at radius 3 is 2.60 bits per heavy atom. The molecule has 1 aromatic rings. The lowest BCUT2D eigenvalue weighted by atomic mass is 9.86. The first-order valence-electron chi connectivity index (χ1n) is 6.36. The van der Waals surface area contributed by atoms with Crippen molar-refractivity contribution < 1.29 is 14.3 Å². The molecule has 5 nitrogen and oxygen atoms in total. The van der Waals surface area contributed by atoms with Crippen molar-refractivity contribution in [1.82, 2.24) is 4.98 Å². The maximum absolute atomic E-state index is 11.6. The van der Waals surface area contributed by atoms with Gasteiger partial charge in [-0.1, -0.05) is 6.07 Å². The number of pyridine rings is 1. The summed E-state index contributed by atoms with van der Waals surface area (Å²) in [6.45, 7) is 3.71. The average Bonchev–Trinajstić information content (AvgIpc) is 2.43. The second-order valence-electron chi connectivity index (χ2n) is 5.20. The molecule has 0 aromatic carbocycles. The zero-order chi connectivity index (χ0) is 15.2. The van der Waals surface area contributed by atoms with E-state index in [9.17, 15) is 9.59 Å². The van der Waals surface area contributed by atoms with E-state index < -0.39 is 11.3 Å². The van der Waals surface area contributed by atoms with Gasteiger partial charge in [0.25, 0.3) is 0 Å². The molecule has 1 rings (SSSR count). The van der Waals surface area contributed by atoms with E-state index in [4.69, 9.17) is 10.5 Å². The van der Waals surface area contributed by atoms with Crippen LogP contribution in [-0.4, -0.2) is 24.0 Å². The Balaban J connectivity index is 2.62. The van der Waals surface area contributed by atoms with Crippen molar-refractivity contribution in [1.29, 1.82) is 0 Å². The standard InChI is InChI=1S/C15H20N2O3/c1-15(2,14(19)20-3)9-8-11-4-5-12(17-10-11)6-7-13(16)18/h4-7,10H,8-9H2,1-3H3,(H2,16,18)/b7-6+. The summed E-state index contributed by atoms with van der Waals surface area (Å²) < 4.78 is 4.77. The summed E-state index contributed by atoms with van der Waals surface area (Å²) in [6, 6.07) is 3.72. The molecule has 0 aliphatic carbocycles. The summed E-state index contributed by atoms with van der Waals surface area (Å²) >= 11 is 0. The van der Waals surface area contributed by atoms with Crippen molar-refractivity contribution in [3.63, 3.8) is 0 Å². The number of ether oxygens (including phenoxy) is 1. The third-order valence-corrected chi connectivity index (χ3v) is 3.04. The Kier molecular flexibility index (Phi) is 5.43. The second kappa shape index (κ2) is 6.84. The molecule has 1 amide bonds. The Hall–Kier alpha value is -2.17. The van der Waals surface area contributed by atoms with Crippen molar-refractivity contribution in [3.8, 4) is 0 Å². The predicted molar refractivity (Wildman–Crippen MR) is 76.6 cm³/mol. The van der Waals surface area contributed by atoms with Crippen LogP contribution in [0.15, 0.2) is 24.4 Å². The van der Waals surface area contributed by atoms with E-state index in [0.717, 1.165) is 12.0 Å². The third kappa shape index (κ3) is 4.84. The number of esters is 1. The van der Waals surface area contributed by atoms with E-state index in [1.807, 2.05) is 19.9 Å². The highest BCUT2D eigenvalue weighted by Gasteiger charge is 2.28. The van der Waals surface area contributed by atoms with Crippen LogP contribution in [0.5, 0.6) is 0 Å². The number of aryl methyl sites for hydroxylation is 1. The maximum atomic E-state index is 11.6. The van der Waals surface area contributed by atoms with Gasteiger partial charge < -0.3 is 10.5 Å². The van der Waals surface area contributed by atoms with E-state index in [0.29, 0.717) is 12.1 Å². The number of amides is 1. The number of methoxy groups -OCH3 is 1. The molecule has 0 atom stereocenters. The van der Waals surface area contributed by atoms with Gasteiger partial charge in [-0.15, -0.1) is 0 Å². The van der Waals surface area contributed by atoms with Crippen LogP contribution in [0.2, 0.25) is 0 Å². The lowest BCUT2D eigenvalue weighted by Crippen LogP contribution is -2.26. The molecule has 0 spiro atoms. The number of nitrogens with zero attached hydrogens (tertiary/aromatic N) is 1. The Morgan fingerprint density at radius 1 is 1.40 bits per heavy atom. The first-order chi connectivity index (χ1) is 9.35. The van der Waals surface area contributed by atoms with Crippen molar-refractivity contribution in [2.75, 3.05) is 7.11 Å². The number of aromatic nitrogens is 1. The molecule has 0 aliphatic rings. The number of primary amides is 1. The van der Waals surface area contributed by atoms with Gasteiger partial charge in [-0.2, -0.15) is 0 Å². The van der Waals surface area contributed by atoms with Crippen molar-refractivity contribution in [2.24, 2.45) is 11.1 Å². The molecule has 1 aromatic heterocycles. The van der Waals surface area contributed by atoms with Gasteiger partial charge in [0, 0.05) is 12.3 Å². The third-order valence-electron chi connectivity index (χ3n) is 3.04. The number of hydrogen-bond acceptors (Lipinski definition) is 4. The minimum Gasteiger partial charge on any atom is -0.469 e. The van der Waals surface area contributed by atoms with Gasteiger partial charge in [-0.25, -0.2) is 0 Å². The molecule has 0 bridgehead atoms. The maximum Gasteiger partial charge on any atom is 0.311 e. The summed E-state index contributed by atoms with van der Waals surface area (Å²) in [4.78, 5) is 26.4. The van der Waals surface area contributed by atoms with E-state index in [1.165, 1.54) is 13.2 Å². The average molecular weight is 276 g/mol. The number of hydrogen-bond donors (Lipinski definition) is 1. The highest BCUT2D eigenvalue weighted by Crippen LogP contribution is 2.24. The Labute approximate surface area is 118 Å². The lowest BCUT2D eigenvalue weighted by molar-refractivity contribution is -0.151. The van der Waals surface area contributed by atoms with Crippen LogP contribution in [0.4, 0.5) is 0 Å². The van der Waals surface area contributed by atoms with Crippen LogP contribution in [-0.2, 0) is 20.7 Å². The fourth-order valence-electron chi connectivity index (χ4n) is 1.69. The smallest absolute Gasteiger partial charge is 0.311 e. The first kappa shape index (κ1) is 15.9. The molecular formula is C15H20N2O3. The zero-order valence-electron chi connectivity index (χ0n) is 12.1. The predicted octanol–water partition coefficient (Wildman–Crippen LogP) is 1.71. The van der Waals surface area contributed by atoms with Crippen LogP contribution < -0.4 is 5.73 Å². The first-order valence-corrected chi connectivity index (χ1v) is 6.36. The topological polar surface area (TPSA) is 82.3 Å². The number of nitrogens with two attached hydrogens (primary N) is 1. The fourth-order valence-corrected chi connectivity index (χ4v) is 1.69. The molecule has 1 heterocycles. The van der Waals surface area contributed by atoms with Crippen LogP contribution >= 0.6 is 0 Å².